The number of nitrogens with zero attached hydrogens (tertiary/aromatic N) is 1. The van der Waals surface area contributed by atoms with Crippen LogP contribution in [0.15, 0.2) is 36.5 Å². The highest BCUT2D eigenvalue weighted by Gasteiger charge is 1.94. The van der Waals surface area contributed by atoms with E-state index in [0.29, 0.717) is 0 Å². The summed E-state index contributed by atoms with van der Waals surface area (Å²) in [6.07, 6.45) is 1.72. The molecular formula is C10H10N2O2. The minimum atomic E-state index is -0.250. The topological polar surface area (TPSA) is 76.2 Å². The number of pyridine rings is 1. The molecule has 4 heteroatoms. The molecule has 1 heterocycles. The summed E-state index contributed by atoms with van der Waals surface area (Å²) in [5.74, 6) is 0. The van der Waals surface area contributed by atoms with E-state index in [1.807, 2.05) is 30.3 Å². The first kappa shape index (κ1) is 9.98. The maximum atomic E-state index is 8.36. The highest BCUT2D eigenvalue weighted by Crippen LogP contribution is 2.16. The van der Waals surface area contributed by atoms with Crippen molar-refractivity contribution in [2.75, 3.05) is 5.73 Å². The Labute approximate surface area is 81.0 Å². The smallest absolute Gasteiger partial charge is 0.290 e. The van der Waals surface area contributed by atoms with Gasteiger partial charge in [-0.25, -0.2) is 0 Å². The molecule has 0 fully saturated rings. The van der Waals surface area contributed by atoms with Crippen LogP contribution in [0.4, 0.5) is 5.69 Å². The van der Waals surface area contributed by atoms with Crippen LogP contribution in [-0.2, 0) is 4.79 Å². The molecule has 0 unspecified atom stereocenters. The molecule has 2 aromatic rings. The van der Waals surface area contributed by atoms with E-state index in [1.54, 1.807) is 6.20 Å². The fourth-order valence-electron chi connectivity index (χ4n) is 1.12. The summed E-state index contributed by atoms with van der Waals surface area (Å²) in [7, 11) is 0. The molecule has 14 heavy (non-hydrogen) atoms. The van der Waals surface area contributed by atoms with E-state index in [1.165, 1.54) is 0 Å². The lowest BCUT2D eigenvalue weighted by molar-refractivity contribution is -0.122. The van der Waals surface area contributed by atoms with Crippen LogP contribution in [0.3, 0.4) is 0 Å². The highest BCUT2D eigenvalue weighted by atomic mass is 16.3. The first-order valence-corrected chi connectivity index (χ1v) is 3.96. The maximum Gasteiger partial charge on any atom is 0.290 e. The van der Waals surface area contributed by atoms with Crippen molar-refractivity contribution in [2.45, 2.75) is 0 Å². The summed E-state index contributed by atoms with van der Waals surface area (Å²) >= 11 is 0. The lowest BCUT2D eigenvalue weighted by atomic mass is 10.2. The van der Waals surface area contributed by atoms with Crippen molar-refractivity contribution in [3.05, 3.63) is 36.5 Å². The zero-order valence-electron chi connectivity index (χ0n) is 7.42. The zero-order valence-corrected chi connectivity index (χ0v) is 7.42. The Morgan fingerprint density at radius 3 is 2.57 bits per heavy atom. The van der Waals surface area contributed by atoms with E-state index < -0.39 is 0 Å². The normalized spacial score (nSPS) is 8.86. The molecule has 0 aliphatic heterocycles. The molecule has 0 radical (unpaired) electrons. The third kappa shape index (κ3) is 2.20. The average Bonchev–Trinajstić information content (AvgIpc) is 2.20. The van der Waals surface area contributed by atoms with Gasteiger partial charge < -0.3 is 10.8 Å². The second-order valence-electron chi connectivity index (χ2n) is 2.52. The van der Waals surface area contributed by atoms with Crippen molar-refractivity contribution in [3.8, 4) is 0 Å². The van der Waals surface area contributed by atoms with E-state index >= 15 is 0 Å². The Bertz CT molecular complexity index is 424. The van der Waals surface area contributed by atoms with Gasteiger partial charge in [0.15, 0.2) is 0 Å². The minimum absolute atomic E-state index is 0.250. The van der Waals surface area contributed by atoms with Gasteiger partial charge in [-0.05, 0) is 12.1 Å². The molecule has 0 atom stereocenters. The Hall–Kier alpha value is -2.10. The van der Waals surface area contributed by atoms with Crippen molar-refractivity contribution in [1.82, 2.24) is 4.98 Å². The summed E-state index contributed by atoms with van der Waals surface area (Å²) < 4.78 is 0. The molecule has 72 valence electrons. The van der Waals surface area contributed by atoms with Gasteiger partial charge in [0.25, 0.3) is 6.47 Å². The number of carbonyl (C=O) groups is 1. The van der Waals surface area contributed by atoms with E-state index in [2.05, 4.69) is 4.98 Å². The second kappa shape index (κ2) is 4.81. The molecule has 0 saturated carbocycles. The quantitative estimate of drug-likeness (QED) is 0.617. The number of rotatable bonds is 0. The third-order valence-corrected chi connectivity index (χ3v) is 1.68. The number of nitrogens with two attached hydrogens (primary N) is 1. The Morgan fingerprint density at radius 2 is 1.93 bits per heavy atom. The lowest BCUT2D eigenvalue weighted by Gasteiger charge is -1.97. The van der Waals surface area contributed by atoms with Gasteiger partial charge in [-0.3, -0.25) is 9.78 Å². The van der Waals surface area contributed by atoms with E-state index in [-0.39, 0.29) is 6.47 Å². The van der Waals surface area contributed by atoms with Gasteiger partial charge in [0.1, 0.15) is 0 Å². The SMILES string of the molecule is Nc1ccnc2ccccc12.O=CO. The van der Waals surface area contributed by atoms with Crippen LogP contribution in [-0.4, -0.2) is 16.6 Å². The van der Waals surface area contributed by atoms with Crippen LogP contribution in [0.25, 0.3) is 10.9 Å². The third-order valence-electron chi connectivity index (χ3n) is 1.68. The summed E-state index contributed by atoms with van der Waals surface area (Å²) in [6, 6.07) is 9.64. The van der Waals surface area contributed by atoms with E-state index in [9.17, 15) is 0 Å². The van der Waals surface area contributed by atoms with Crippen LogP contribution in [0.1, 0.15) is 0 Å². The molecule has 4 nitrogen and oxygen atoms in total. The molecule has 0 aliphatic carbocycles. The maximum absolute atomic E-state index is 8.36. The van der Waals surface area contributed by atoms with E-state index in [4.69, 9.17) is 15.6 Å². The number of hydrogen-bond donors (Lipinski definition) is 2. The number of fused-ring (bicyclic) bond motifs is 1. The van der Waals surface area contributed by atoms with Gasteiger partial charge in [-0.2, -0.15) is 0 Å². The minimum Gasteiger partial charge on any atom is -0.483 e. The van der Waals surface area contributed by atoms with E-state index in [0.717, 1.165) is 16.6 Å². The predicted octanol–water partition coefficient (Wildman–Crippen LogP) is 1.52. The Balaban J connectivity index is 0.000000293. The predicted molar refractivity (Wildman–Crippen MR) is 54.8 cm³/mol. The van der Waals surface area contributed by atoms with Crippen LogP contribution in [0.5, 0.6) is 0 Å². The average molecular weight is 190 g/mol. The van der Waals surface area contributed by atoms with Crippen molar-refractivity contribution in [1.29, 1.82) is 0 Å². The molecular weight excluding hydrogens is 180 g/mol. The summed E-state index contributed by atoms with van der Waals surface area (Å²) in [6.45, 7) is -0.250. The zero-order chi connectivity index (χ0) is 10.4. The standard InChI is InChI=1S/C9H8N2.CH2O2/c10-8-5-6-11-9-4-2-1-3-7(8)9;2-1-3/h1-6H,(H2,10,11);1H,(H,2,3). The van der Waals surface area contributed by atoms with Crippen molar-refractivity contribution in [3.63, 3.8) is 0 Å². The summed E-state index contributed by atoms with van der Waals surface area (Å²) in [4.78, 5) is 12.5. The number of benzene rings is 1. The highest BCUT2D eigenvalue weighted by molar-refractivity contribution is 5.89. The fourth-order valence-corrected chi connectivity index (χ4v) is 1.12. The first-order valence-electron chi connectivity index (χ1n) is 3.96. The lowest BCUT2D eigenvalue weighted by Crippen LogP contribution is -1.87. The largest absolute Gasteiger partial charge is 0.483 e. The number of aromatic nitrogens is 1. The van der Waals surface area contributed by atoms with Crippen molar-refractivity contribution < 1.29 is 9.90 Å². The Kier molecular flexibility index (Phi) is 3.43. The molecule has 0 saturated heterocycles. The summed E-state index contributed by atoms with van der Waals surface area (Å²) in [5, 5.41) is 7.91. The summed E-state index contributed by atoms with van der Waals surface area (Å²) in [5.41, 5.74) is 7.46. The monoisotopic (exact) mass is 190 g/mol. The molecule has 1 aromatic carbocycles. The van der Waals surface area contributed by atoms with Crippen LogP contribution < -0.4 is 5.73 Å². The fraction of sp³-hybridized carbons (Fsp3) is 0. The number of para-hydroxylation sites is 1. The molecule has 0 aliphatic rings. The van der Waals surface area contributed by atoms with Crippen molar-refractivity contribution in [2.24, 2.45) is 0 Å². The van der Waals surface area contributed by atoms with Gasteiger partial charge in [-0.1, -0.05) is 18.2 Å². The number of anilines is 1. The van der Waals surface area contributed by atoms with Gasteiger partial charge in [0, 0.05) is 17.3 Å². The molecule has 2 rings (SSSR count). The van der Waals surface area contributed by atoms with Crippen molar-refractivity contribution >= 4 is 23.1 Å². The molecule has 1 aromatic heterocycles. The van der Waals surface area contributed by atoms with Crippen LogP contribution in [0, 0.1) is 0 Å². The molecule has 3 N–H and O–H groups in total. The number of carboxylic acid groups (broad SMARTS) is 1. The van der Waals surface area contributed by atoms with Gasteiger partial charge >= 0.3 is 0 Å². The molecule has 0 bridgehead atoms. The molecule has 0 amide bonds. The number of nitrogen functional groups attached to an aromatic ring is 1. The van der Waals surface area contributed by atoms with Gasteiger partial charge in [-0.15, -0.1) is 0 Å². The molecule has 0 spiro atoms. The van der Waals surface area contributed by atoms with Crippen LogP contribution in [0.2, 0.25) is 0 Å². The van der Waals surface area contributed by atoms with Gasteiger partial charge in [0.2, 0.25) is 0 Å². The first-order chi connectivity index (χ1) is 6.79. The number of hydrogen-bond acceptors (Lipinski definition) is 3. The second-order valence-corrected chi connectivity index (χ2v) is 2.52. The van der Waals surface area contributed by atoms with Crippen LogP contribution >= 0.6 is 0 Å². The Morgan fingerprint density at radius 1 is 1.29 bits per heavy atom. The van der Waals surface area contributed by atoms with Gasteiger partial charge in [0.05, 0.1) is 5.52 Å².